The van der Waals surface area contributed by atoms with Gasteiger partial charge in [-0.25, -0.2) is 9.48 Å². The van der Waals surface area contributed by atoms with Crippen LogP contribution in [-0.4, -0.2) is 74.2 Å². The lowest BCUT2D eigenvalue weighted by Crippen LogP contribution is -2.48. The second kappa shape index (κ2) is 10.2. The lowest BCUT2D eigenvalue weighted by atomic mass is 10.1. The quantitative estimate of drug-likeness (QED) is 0.435. The average molecular weight is 495 g/mol. The van der Waals surface area contributed by atoms with E-state index in [9.17, 15) is 13.6 Å². The summed E-state index contributed by atoms with van der Waals surface area (Å²) in [6.45, 7) is 3.57. The van der Waals surface area contributed by atoms with Crippen LogP contribution in [-0.2, 0) is 6.54 Å². The SMILES string of the molecule is CN1CCN(C(=O)Nc2cccc(-c3cn(Cc4ccc(-c5nnc(C(F)F)o5)cc4)nn3)c2)CC1. The molecule has 0 bridgehead atoms. The standard InChI is InChI=1S/C24H24F2N8O2/c1-32-9-11-33(12-10-32)24(35)27-19-4-2-3-18(13-19)20-15-34(31-28-20)14-16-5-7-17(8-6-16)22-29-30-23(36-22)21(25)26/h2-8,13,15,21H,9-12,14H2,1H3,(H,27,35). The second-order valence-corrected chi connectivity index (χ2v) is 8.55. The van der Waals surface area contributed by atoms with Crippen molar-refractivity contribution < 1.29 is 18.0 Å². The minimum Gasteiger partial charge on any atom is -0.415 e. The maximum absolute atomic E-state index is 12.7. The van der Waals surface area contributed by atoms with E-state index in [1.807, 2.05) is 54.5 Å². The minimum absolute atomic E-state index is 0.0412. The minimum atomic E-state index is -2.80. The van der Waals surface area contributed by atoms with Gasteiger partial charge in [0.05, 0.1) is 12.7 Å². The smallest absolute Gasteiger partial charge is 0.321 e. The van der Waals surface area contributed by atoms with Gasteiger partial charge in [-0.1, -0.05) is 29.5 Å². The van der Waals surface area contributed by atoms with E-state index in [0.717, 1.165) is 24.2 Å². The zero-order valence-electron chi connectivity index (χ0n) is 19.5. The topological polar surface area (TPSA) is 105 Å². The van der Waals surface area contributed by atoms with Crippen molar-refractivity contribution in [2.45, 2.75) is 13.0 Å². The van der Waals surface area contributed by atoms with E-state index >= 15 is 0 Å². The van der Waals surface area contributed by atoms with Crippen LogP contribution in [0.5, 0.6) is 0 Å². The monoisotopic (exact) mass is 494 g/mol. The van der Waals surface area contributed by atoms with Gasteiger partial charge >= 0.3 is 12.5 Å². The summed E-state index contributed by atoms with van der Waals surface area (Å²) in [5.41, 5.74) is 3.68. The van der Waals surface area contributed by atoms with Crippen molar-refractivity contribution >= 4 is 11.7 Å². The van der Waals surface area contributed by atoms with Crippen molar-refractivity contribution in [3.63, 3.8) is 0 Å². The lowest BCUT2D eigenvalue weighted by molar-refractivity contribution is 0.116. The molecular formula is C24H24F2N8O2. The van der Waals surface area contributed by atoms with Gasteiger partial charge in [0.25, 0.3) is 5.89 Å². The molecule has 36 heavy (non-hydrogen) atoms. The van der Waals surface area contributed by atoms with Crippen molar-refractivity contribution in [2.75, 3.05) is 38.5 Å². The molecule has 12 heteroatoms. The highest BCUT2D eigenvalue weighted by atomic mass is 19.3. The number of carbonyl (C=O) groups is 1. The average Bonchev–Trinajstić information content (AvgIpc) is 3.56. The third-order valence-electron chi connectivity index (χ3n) is 5.91. The molecule has 0 radical (unpaired) electrons. The molecule has 1 aliphatic rings. The summed E-state index contributed by atoms with van der Waals surface area (Å²) in [7, 11) is 2.05. The van der Waals surface area contributed by atoms with Crippen LogP contribution in [0.25, 0.3) is 22.7 Å². The maximum Gasteiger partial charge on any atom is 0.321 e. The van der Waals surface area contributed by atoms with Crippen LogP contribution in [0.1, 0.15) is 17.9 Å². The molecule has 2 aromatic carbocycles. The van der Waals surface area contributed by atoms with Crippen LogP contribution in [0, 0.1) is 0 Å². The Hall–Kier alpha value is -4.19. The molecule has 0 spiro atoms. The molecule has 3 heterocycles. The second-order valence-electron chi connectivity index (χ2n) is 8.55. The Labute approximate surface area is 205 Å². The first-order chi connectivity index (χ1) is 17.4. The fraction of sp³-hybridized carbons (Fsp3) is 0.292. The highest BCUT2D eigenvalue weighted by Crippen LogP contribution is 2.24. The number of rotatable bonds is 6. The molecular weight excluding hydrogens is 470 g/mol. The predicted molar refractivity (Wildman–Crippen MR) is 127 cm³/mol. The highest BCUT2D eigenvalue weighted by Gasteiger charge is 2.19. The predicted octanol–water partition coefficient (Wildman–Crippen LogP) is 3.76. The molecule has 1 aliphatic heterocycles. The normalized spacial score (nSPS) is 14.4. The summed E-state index contributed by atoms with van der Waals surface area (Å²) >= 11 is 0. The number of urea groups is 1. The fourth-order valence-electron chi connectivity index (χ4n) is 3.86. The highest BCUT2D eigenvalue weighted by molar-refractivity contribution is 5.90. The van der Waals surface area contributed by atoms with E-state index in [1.54, 1.807) is 16.8 Å². The van der Waals surface area contributed by atoms with Gasteiger partial charge in [-0.05, 0) is 36.9 Å². The largest absolute Gasteiger partial charge is 0.415 e. The number of piperazine rings is 1. The zero-order valence-corrected chi connectivity index (χ0v) is 19.5. The molecule has 0 atom stereocenters. The van der Waals surface area contributed by atoms with E-state index in [0.29, 0.717) is 36.6 Å². The molecule has 2 aromatic heterocycles. The number of likely N-dealkylation sites (N-methyl/N-ethyl adjacent to an activating group) is 1. The number of aromatic nitrogens is 5. The number of hydrogen-bond donors (Lipinski definition) is 1. The van der Waals surface area contributed by atoms with Crippen LogP contribution in [0.3, 0.4) is 0 Å². The summed E-state index contributed by atoms with van der Waals surface area (Å²) in [5.74, 6) is -0.660. The Balaban J connectivity index is 1.22. The first-order valence-electron chi connectivity index (χ1n) is 11.4. The Morgan fingerprint density at radius 3 is 2.53 bits per heavy atom. The zero-order chi connectivity index (χ0) is 25.1. The molecule has 0 saturated carbocycles. The molecule has 0 unspecified atom stereocenters. The lowest BCUT2D eigenvalue weighted by Gasteiger charge is -2.32. The number of nitrogens with one attached hydrogen (secondary N) is 1. The third-order valence-corrected chi connectivity index (χ3v) is 5.91. The van der Waals surface area contributed by atoms with E-state index < -0.39 is 12.3 Å². The van der Waals surface area contributed by atoms with Crippen LogP contribution < -0.4 is 5.32 Å². The maximum atomic E-state index is 12.7. The van der Waals surface area contributed by atoms with Gasteiger partial charge in [0, 0.05) is 43.0 Å². The number of halogens is 2. The van der Waals surface area contributed by atoms with Gasteiger partial charge in [0.2, 0.25) is 5.89 Å². The Kier molecular flexibility index (Phi) is 6.67. The fourth-order valence-corrected chi connectivity index (χ4v) is 3.86. The van der Waals surface area contributed by atoms with Crippen molar-refractivity contribution in [2.24, 2.45) is 0 Å². The number of amides is 2. The van der Waals surface area contributed by atoms with Crippen LogP contribution >= 0.6 is 0 Å². The number of carbonyl (C=O) groups excluding carboxylic acids is 1. The van der Waals surface area contributed by atoms with Gasteiger partial charge in [-0.15, -0.1) is 15.3 Å². The molecule has 0 aliphatic carbocycles. The molecule has 5 rings (SSSR count). The van der Waals surface area contributed by atoms with Gasteiger partial charge < -0.3 is 19.5 Å². The Morgan fingerprint density at radius 1 is 1.03 bits per heavy atom. The van der Waals surface area contributed by atoms with Gasteiger partial charge in [0.1, 0.15) is 5.69 Å². The Morgan fingerprint density at radius 2 is 1.81 bits per heavy atom. The molecule has 186 valence electrons. The van der Waals surface area contributed by atoms with E-state index in [2.05, 4.69) is 30.7 Å². The first kappa shape index (κ1) is 23.5. The molecule has 1 saturated heterocycles. The Bertz CT molecular complexity index is 1330. The van der Waals surface area contributed by atoms with Gasteiger partial charge in [-0.3, -0.25) is 0 Å². The number of benzene rings is 2. The van der Waals surface area contributed by atoms with Crippen LogP contribution in [0.2, 0.25) is 0 Å². The van der Waals surface area contributed by atoms with E-state index in [4.69, 9.17) is 4.42 Å². The number of alkyl halides is 2. The van der Waals surface area contributed by atoms with E-state index in [1.165, 1.54) is 0 Å². The van der Waals surface area contributed by atoms with Crippen LogP contribution in [0.4, 0.5) is 19.3 Å². The summed E-state index contributed by atoms with van der Waals surface area (Å²) in [4.78, 5) is 16.6. The van der Waals surface area contributed by atoms with Crippen molar-refractivity contribution in [3.05, 3.63) is 66.2 Å². The molecule has 1 N–H and O–H groups in total. The van der Waals surface area contributed by atoms with Crippen molar-refractivity contribution in [1.82, 2.24) is 35.0 Å². The first-order valence-corrected chi connectivity index (χ1v) is 11.4. The number of hydrogen-bond acceptors (Lipinski definition) is 7. The summed E-state index contributed by atoms with van der Waals surface area (Å²) in [6.07, 6.45) is -0.983. The molecule has 4 aromatic rings. The van der Waals surface area contributed by atoms with Gasteiger partial charge in [0.15, 0.2) is 0 Å². The molecule has 1 fully saturated rings. The summed E-state index contributed by atoms with van der Waals surface area (Å²) in [6, 6.07) is 14.5. The van der Waals surface area contributed by atoms with Gasteiger partial charge in [-0.2, -0.15) is 8.78 Å². The molecule has 10 nitrogen and oxygen atoms in total. The third kappa shape index (κ3) is 5.38. The number of nitrogens with zero attached hydrogens (tertiary/aromatic N) is 7. The summed E-state index contributed by atoms with van der Waals surface area (Å²) in [5, 5.41) is 18.4. The summed E-state index contributed by atoms with van der Waals surface area (Å²) < 4.78 is 32.0. The molecule has 2 amide bonds. The van der Waals surface area contributed by atoms with E-state index in [-0.39, 0.29) is 11.9 Å². The van der Waals surface area contributed by atoms with Crippen LogP contribution in [0.15, 0.2) is 59.1 Å². The van der Waals surface area contributed by atoms with Crippen molar-refractivity contribution in [3.8, 4) is 22.7 Å². The van der Waals surface area contributed by atoms with Crippen molar-refractivity contribution in [1.29, 1.82) is 0 Å². The number of anilines is 1.